The minimum Gasteiger partial charge on any atom is -0.493 e. The zero-order valence-electron chi connectivity index (χ0n) is 15.0. The lowest BCUT2D eigenvalue weighted by Crippen LogP contribution is -2.41. The summed E-state index contributed by atoms with van der Waals surface area (Å²) in [6.45, 7) is 1.58. The van der Waals surface area contributed by atoms with Crippen LogP contribution in [0.4, 0.5) is 0 Å². The van der Waals surface area contributed by atoms with Crippen LogP contribution in [0.5, 0.6) is 17.2 Å². The average Bonchev–Trinajstić information content (AvgIpc) is 2.71. The predicted octanol–water partition coefficient (Wildman–Crippen LogP) is 4.15. The largest absolute Gasteiger partial charge is 0.493 e. The van der Waals surface area contributed by atoms with Crippen molar-refractivity contribution in [2.24, 2.45) is 0 Å². The van der Waals surface area contributed by atoms with E-state index in [9.17, 15) is 0 Å². The summed E-state index contributed by atoms with van der Waals surface area (Å²) < 4.78 is 17.2. The third-order valence-corrected chi connectivity index (χ3v) is 5.56. The average molecular weight is 347 g/mol. The molecule has 1 unspecified atom stereocenters. The zero-order chi connectivity index (χ0) is 17.7. The standard InChI is InChI=1S/C22H21NO3/c1-24-19-11-15-9-10-23-13-26-18-8-7-14-5-3-4-6-16(14)21(18)22(23)17(15)12-20(19)25-2/h3-8,11-12,22H,9-10,13H2,1-2H3. The quantitative estimate of drug-likeness (QED) is 0.697. The zero-order valence-corrected chi connectivity index (χ0v) is 15.0. The molecule has 2 aliphatic heterocycles. The fourth-order valence-electron chi connectivity index (χ4n) is 4.31. The molecule has 3 aromatic carbocycles. The van der Waals surface area contributed by atoms with Crippen molar-refractivity contribution in [2.45, 2.75) is 12.5 Å². The summed E-state index contributed by atoms with van der Waals surface area (Å²) in [5.41, 5.74) is 3.86. The topological polar surface area (TPSA) is 30.9 Å². The molecule has 3 aromatic rings. The Hall–Kier alpha value is -2.72. The van der Waals surface area contributed by atoms with Gasteiger partial charge < -0.3 is 14.2 Å². The molecule has 0 spiro atoms. The summed E-state index contributed by atoms with van der Waals surface area (Å²) in [6.07, 6.45) is 0.982. The molecule has 0 bridgehead atoms. The Morgan fingerprint density at radius 2 is 1.81 bits per heavy atom. The maximum absolute atomic E-state index is 6.09. The third kappa shape index (κ3) is 2.19. The Morgan fingerprint density at radius 1 is 1.00 bits per heavy atom. The molecule has 132 valence electrons. The molecule has 5 rings (SSSR count). The Morgan fingerprint density at radius 3 is 2.65 bits per heavy atom. The van der Waals surface area contributed by atoms with E-state index in [4.69, 9.17) is 14.2 Å². The molecule has 0 saturated carbocycles. The summed E-state index contributed by atoms with van der Waals surface area (Å²) in [5.74, 6) is 2.55. The first-order valence-corrected chi connectivity index (χ1v) is 8.93. The van der Waals surface area contributed by atoms with Gasteiger partial charge in [-0.2, -0.15) is 0 Å². The van der Waals surface area contributed by atoms with Crippen molar-refractivity contribution in [3.05, 3.63) is 65.2 Å². The van der Waals surface area contributed by atoms with Gasteiger partial charge in [0.1, 0.15) is 12.5 Å². The van der Waals surface area contributed by atoms with Crippen molar-refractivity contribution in [1.82, 2.24) is 4.90 Å². The van der Waals surface area contributed by atoms with Gasteiger partial charge in [-0.25, -0.2) is 0 Å². The number of nitrogens with zero attached hydrogens (tertiary/aromatic N) is 1. The summed E-state index contributed by atoms with van der Waals surface area (Å²) >= 11 is 0. The lowest BCUT2D eigenvalue weighted by Gasteiger charge is -2.42. The van der Waals surface area contributed by atoms with Crippen molar-refractivity contribution >= 4 is 10.8 Å². The highest BCUT2D eigenvalue weighted by Crippen LogP contribution is 2.47. The van der Waals surface area contributed by atoms with Gasteiger partial charge in [0.15, 0.2) is 11.5 Å². The third-order valence-electron chi connectivity index (χ3n) is 5.56. The van der Waals surface area contributed by atoms with Crippen LogP contribution in [0.25, 0.3) is 10.8 Å². The highest BCUT2D eigenvalue weighted by molar-refractivity contribution is 5.89. The van der Waals surface area contributed by atoms with E-state index in [2.05, 4.69) is 53.4 Å². The van der Waals surface area contributed by atoms with Gasteiger partial charge in [0.05, 0.1) is 20.3 Å². The first-order valence-electron chi connectivity index (χ1n) is 8.93. The molecule has 1 atom stereocenters. The van der Waals surface area contributed by atoms with Crippen LogP contribution < -0.4 is 14.2 Å². The highest BCUT2D eigenvalue weighted by atomic mass is 16.5. The van der Waals surface area contributed by atoms with Crippen LogP contribution in [0.2, 0.25) is 0 Å². The molecule has 0 fully saturated rings. The van der Waals surface area contributed by atoms with Crippen molar-refractivity contribution in [2.75, 3.05) is 27.5 Å². The number of rotatable bonds is 2. The van der Waals surface area contributed by atoms with Gasteiger partial charge in [0.2, 0.25) is 0 Å². The molecule has 0 aromatic heterocycles. The Kier molecular flexibility index (Phi) is 3.54. The minimum atomic E-state index is 0.174. The van der Waals surface area contributed by atoms with Gasteiger partial charge >= 0.3 is 0 Å². The van der Waals surface area contributed by atoms with Gasteiger partial charge in [-0.1, -0.05) is 30.3 Å². The van der Waals surface area contributed by atoms with Crippen LogP contribution in [0, 0.1) is 0 Å². The number of fused-ring (bicyclic) bond motifs is 7. The lowest BCUT2D eigenvalue weighted by atomic mass is 9.84. The van der Waals surface area contributed by atoms with Crippen LogP contribution >= 0.6 is 0 Å². The molecule has 0 amide bonds. The van der Waals surface area contributed by atoms with Gasteiger partial charge in [-0.3, -0.25) is 4.90 Å². The van der Waals surface area contributed by atoms with Crippen LogP contribution in [0.1, 0.15) is 22.7 Å². The lowest BCUT2D eigenvalue weighted by molar-refractivity contribution is 0.0685. The number of benzene rings is 3. The molecular formula is C22H21NO3. The summed E-state index contributed by atoms with van der Waals surface area (Å²) in [7, 11) is 3.38. The maximum Gasteiger partial charge on any atom is 0.161 e. The van der Waals surface area contributed by atoms with Crippen molar-refractivity contribution < 1.29 is 14.2 Å². The van der Waals surface area contributed by atoms with Crippen LogP contribution in [-0.4, -0.2) is 32.4 Å². The number of ether oxygens (including phenoxy) is 3. The van der Waals surface area contributed by atoms with Crippen LogP contribution in [0.15, 0.2) is 48.5 Å². The van der Waals surface area contributed by atoms with Gasteiger partial charge in [0.25, 0.3) is 0 Å². The second-order valence-corrected chi connectivity index (χ2v) is 6.84. The SMILES string of the molecule is COc1cc2c(cc1OC)C1c3c(ccc4ccccc34)OCN1CC2. The van der Waals surface area contributed by atoms with E-state index < -0.39 is 0 Å². The molecule has 26 heavy (non-hydrogen) atoms. The summed E-state index contributed by atoms with van der Waals surface area (Å²) in [4.78, 5) is 2.41. The maximum atomic E-state index is 6.09. The Labute approximate surface area is 152 Å². The molecule has 2 heterocycles. The first kappa shape index (κ1) is 15.5. The van der Waals surface area contributed by atoms with Gasteiger partial charge in [-0.05, 0) is 46.5 Å². The molecule has 4 nitrogen and oxygen atoms in total. The van der Waals surface area contributed by atoms with E-state index in [1.165, 1.54) is 27.5 Å². The van der Waals surface area contributed by atoms with Crippen LogP contribution in [0.3, 0.4) is 0 Å². The monoisotopic (exact) mass is 347 g/mol. The molecule has 0 aliphatic carbocycles. The molecule has 0 saturated heterocycles. The van der Waals surface area contributed by atoms with E-state index in [-0.39, 0.29) is 6.04 Å². The second-order valence-electron chi connectivity index (χ2n) is 6.84. The Bertz CT molecular complexity index is 998. The van der Waals surface area contributed by atoms with Crippen molar-refractivity contribution in [1.29, 1.82) is 0 Å². The number of hydrogen-bond acceptors (Lipinski definition) is 4. The molecule has 4 heteroatoms. The predicted molar refractivity (Wildman–Crippen MR) is 101 cm³/mol. The van der Waals surface area contributed by atoms with Gasteiger partial charge in [0, 0.05) is 12.1 Å². The Balaban J connectivity index is 1.78. The number of methoxy groups -OCH3 is 2. The normalized spacial score (nSPS) is 18.5. The van der Waals surface area contributed by atoms with Gasteiger partial charge in [-0.15, -0.1) is 0 Å². The molecule has 0 N–H and O–H groups in total. The van der Waals surface area contributed by atoms with Crippen molar-refractivity contribution in [3.8, 4) is 17.2 Å². The first-order chi connectivity index (χ1) is 12.8. The summed E-state index contributed by atoms with van der Waals surface area (Å²) in [5, 5.41) is 2.49. The van der Waals surface area contributed by atoms with Crippen molar-refractivity contribution in [3.63, 3.8) is 0 Å². The highest BCUT2D eigenvalue weighted by Gasteiger charge is 2.36. The molecule has 2 aliphatic rings. The number of hydrogen-bond donors (Lipinski definition) is 0. The van der Waals surface area contributed by atoms with E-state index in [0.29, 0.717) is 6.73 Å². The summed E-state index contributed by atoms with van der Waals surface area (Å²) in [6, 6.07) is 17.2. The fraction of sp³-hybridized carbons (Fsp3) is 0.273. The molecule has 0 radical (unpaired) electrons. The molecular weight excluding hydrogens is 326 g/mol. The van der Waals surface area contributed by atoms with Crippen LogP contribution in [-0.2, 0) is 6.42 Å². The second kappa shape index (κ2) is 5.92. The fourth-order valence-corrected chi connectivity index (χ4v) is 4.31. The van der Waals surface area contributed by atoms with E-state index >= 15 is 0 Å². The van der Waals surface area contributed by atoms with E-state index in [0.717, 1.165) is 30.2 Å². The van der Waals surface area contributed by atoms with E-state index in [1.807, 2.05) is 0 Å². The smallest absolute Gasteiger partial charge is 0.161 e. The van der Waals surface area contributed by atoms with E-state index in [1.54, 1.807) is 14.2 Å². The minimum absolute atomic E-state index is 0.174.